The van der Waals surface area contributed by atoms with Gasteiger partial charge < -0.3 is 10.4 Å². The summed E-state index contributed by atoms with van der Waals surface area (Å²) in [7, 11) is 0. The lowest BCUT2D eigenvalue weighted by Crippen LogP contribution is -2.19. The molecule has 0 aliphatic rings. The molecule has 2 N–H and O–H groups in total. The molecule has 0 spiro atoms. The summed E-state index contributed by atoms with van der Waals surface area (Å²) in [5.41, 5.74) is 0.852. The normalized spacial score (nSPS) is 9.42. The Morgan fingerprint density at radius 2 is 2.33 bits per heavy atom. The first-order valence-electron chi connectivity index (χ1n) is 3.40. The number of hydrogen-bond acceptors (Lipinski definition) is 1. The van der Waals surface area contributed by atoms with Gasteiger partial charge in [-0.2, -0.15) is 0 Å². The Morgan fingerprint density at radius 1 is 1.58 bits per heavy atom. The van der Waals surface area contributed by atoms with E-state index in [1.54, 1.807) is 18.2 Å². The van der Waals surface area contributed by atoms with Gasteiger partial charge in [0.2, 0.25) is 0 Å². The fraction of sp³-hybridized carbons (Fsp3) is 0.125. The highest BCUT2D eigenvalue weighted by atomic mass is 35.5. The van der Waals surface area contributed by atoms with Crippen LogP contribution in [0.1, 0.15) is 5.56 Å². The Labute approximate surface area is 75.0 Å². The van der Waals surface area contributed by atoms with Crippen LogP contribution in [0, 0.1) is 0 Å². The van der Waals surface area contributed by atoms with Crippen molar-refractivity contribution in [2.75, 3.05) is 0 Å². The first kappa shape index (κ1) is 8.87. The molecule has 0 atom stereocenters. The van der Waals surface area contributed by atoms with Crippen molar-refractivity contribution in [3.63, 3.8) is 0 Å². The largest absolute Gasteiger partial charge is 0.465 e. The lowest BCUT2D eigenvalue weighted by atomic mass is 10.2. The van der Waals surface area contributed by atoms with Gasteiger partial charge in [-0.1, -0.05) is 23.7 Å². The van der Waals surface area contributed by atoms with Crippen LogP contribution in [0.3, 0.4) is 0 Å². The van der Waals surface area contributed by atoms with Gasteiger partial charge in [0.25, 0.3) is 0 Å². The zero-order valence-corrected chi connectivity index (χ0v) is 7.01. The topological polar surface area (TPSA) is 49.3 Å². The van der Waals surface area contributed by atoms with Crippen LogP contribution in [0.4, 0.5) is 4.79 Å². The fourth-order valence-electron chi connectivity index (χ4n) is 0.825. The molecular formula is C8H8ClNO2. The molecule has 64 valence electrons. The SMILES string of the molecule is O=C(O)NCc1cccc(Cl)c1. The minimum atomic E-state index is -1.03. The standard InChI is InChI=1S/C8H8ClNO2/c9-7-3-1-2-6(4-7)5-10-8(11)12/h1-4,10H,5H2,(H,11,12). The minimum absolute atomic E-state index is 0.288. The monoisotopic (exact) mass is 185 g/mol. The van der Waals surface area contributed by atoms with Gasteiger partial charge >= 0.3 is 6.09 Å². The maximum Gasteiger partial charge on any atom is 0.404 e. The van der Waals surface area contributed by atoms with Crippen molar-refractivity contribution in [1.29, 1.82) is 0 Å². The molecule has 1 aromatic rings. The Hall–Kier alpha value is -1.22. The van der Waals surface area contributed by atoms with Crippen molar-refractivity contribution in [2.24, 2.45) is 0 Å². The van der Waals surface area contributed by atoms with E-state index in [1.165, 1.54) is 0 Å². The molecule has 12 heavy (non-hydrogen) atoms. The van der Waals surface area contributed by atoms with Gasteiger partial charge in [0, 0.05) is 11.6 Å². The van der Waals surface area contributed by atoms with Crippen LogP contribution < -0.4 is 5.32 Å². The third-order valence-corrected chi connectivity index (χ3v) is 1.57. The summed E-state index contributed by atoms with van der Waals surface area (Å²) in [5.74, 6) is 0. The average molecular weight is 186 g/mol. The predicted octanol–water partition coefficient (Wildman–Crippen LogP) is 2.11. The van der Waals surface area contributed by atoms with E-state index >= 15 is 0 Å². The second-order valence-electron chi connectivity index (χ2n) is 2.29. The number of nitrogens with one attached hydrogen (secondary N) is 1. The van der Waals surface area contributed by atoms with Gasteiger partial charge in [0.05, 0.1) is 0 Å². The molecule has 0 bridgehead atoms. The van der Waals surface area contributed by atoms with Crippen LogP contribution in [0.5, 0.6) is 0 Å². The smallest absolute Gasteiger partial charge is 0.404 e. The maximum absolute atomic E-state index is 10.1. The van der Waals surface area contributed by atoms with Crippen LogP contribution in [-0.2, 0) is 6.54 Å². The van der Waals surface area contributed by atoms with Gasteiger partial charge in [-0.15, -0.1) is 0 Å². The van der Waals surface area contributed by atoms with Crippen molar-refractivity contribution in [2.45, 2.75) is 6.54 Å². The molecule has 0 heterocycles. The molecule has 1 rings (SSSR count). The Morgan fingerprint density at radius 3 is 2.92 bits per heavy atom. The number of carbonyl (C=O) groups is 1. The van der Waals surface area contributed by atoms with Crippen LogP contribution in [0.2, 0.25) is 5.02 Å². The summed E-state index contributed by atoms with van der Waals surface area (Å²) in [6.45, 7) is 0.288. The van der Waals surface area contributed by atoms with Crippen molar-refractivity contribution in [3.8, 4) is 0 Å². The Kier molecular flexibility index (Phi) is 2.94. The highest BCUT2D eigenvalue weighted by molar-refractivity contribution is 6.30. The second-order valence-corrected chi connectivity index (χ2v) is 2.73. The highest BCUT2D eigenvalue weighted by Gasteiger charge is 1.96. The molecular weight excluding hydrogens is 178 g/mol. The third-order valence-electron chi connectivity index (χ3n) is 1.33. The summed E-state index contributed by atoms with van der Waals surface area (Å²) in [4.78, 5) is 10.1. The van der Waals surface area contributed by atoms with Gasteiger partial charge in [0.15, 0.2) is 0 Å². The zero-order chi connectivity index (χ0) is 8.97. The van der Waals surface area contributed by atoms with Crippen molar-refractivity contribution >= 4 is 17.7 Å². The highest BCUT2D eigenvalue weighted by Crippen LogP contribution is 2.09. The molecule has 0 unspecified atom stereocenters. The van der Waals surface area contributed by atoms with E-state index in [0.29, 0.717) is 5.02 Å². The number of hydrogen-bond donors (Lipinski definition) is 2. The molecule has 3 nitrogen and oxygen atoms in total. The summed E-state index contributed by atoms with van der Waals surface area (Å²) in [6, 6.07) is 7.05. The summed E-state index contributed by atoms with van der Waals surface area (Å²) in [5, 5.41) is 11.2. The minimum Gasteiger partial charge on any atom is -0.465 e. The molecule has 0 saturated heterocycles. The van der Waals surface area contributed by atoms with E-state index in [9.17, 15) is 4.79 Å². The number of rotatable bonds is 2. The summed E-state index contributed by atoms with van der Waals surface area (Å²) in [6.07, 6.45) is -1.03. The van der Waals surface area contributed by atoms with Crippen LogP contribution >= 0.6 is 11.6 Å². The quantitative estimate of drug-likeness (QED) is 0.742. The molecule has 0 saturated carbocycles. The zero-order valence-electron chi connectivity index (χ0n) is 6.25. The van der Waals surface area contributed by atoms with Gasteiger partial charge in [-0.05, 0) is 17.7 Å². The Balaban J connectivity index is 2.57. The van der Waals surface area contributed by atoms with E-state index in [-0.39, 0.29) is 6.54 Å². The average Bonchev–Trinajstić information content (AvgIpc) is 2.01. The third kappa shape index (κ3) is 2.80. The molecule has 1 amide bonds. The molecule has 0 aliphatic heterocycles. The summed E-state index contributed by atoms with van der Waals surface area (Å²) >= 11 is 5.68. The molecule has 0 fully saturated rings. The second kappa shape index (κ2) is 3.97. The summed E-state index contributed by atoms with van der Waals surface area (Å²) < 4.78 is 0. The number of amides is 1. The maximum atomic E-state index is 10.1. The van der Waals surface area contributed by atoms with Crippen molar-refractivity contribution < 1.29 is 9.90 Å². The van der Waals surface area contributed by atoms with Crippen molar-refractivity contribution in [3.05, 3.63) is 34.9 Å². The van der Waals surface area contributed by atoms with Crippen LogP contribution in [0.15, 0.2) is 24.3 Å². The lowest BCUT2D eigenvalue weighted by Gasteiger charge is -2.00. The van der Waals surface area contributed by atoms with Gasteiger partial charge in [-0.3, -0.25) is 0 Å². The number of halogens is 1. The van der Waals surface area contributed by atoms with E-state index < -0.39 is 6.09 Å². The molecule has 0 aromatic heterocycles. The Bertz CT molecular complexity index is 288. The van der Waals surface area contributed by atoms with Crippen LogP contribution in [-0.4, -0.2) is 11.2 Å². The lowest BCUT2D eigenvalue weighted by molar-refractivity contribution is 0.194. The molecule has 4 heteroatoms. The molecule has 0 radical (unpaired) electrons. The fourth-order valence-corrected chi connectivity index (χ4v) is 1.04. The van der Waals surface area contributed by atoms with E-state index in [0.717, 1.165) is 5.56 Å². The van der Waals surface area contributed by atoms with Crippen LogP contribution in [0.25, 0.3) is 0 Å². The first-order chi connectivity index (χ1) is 5.68. The number of benzene rings is 1. The predicted molar refractivity (Wildman–Crippen MR) is 46.3 cm³/mol. The van der Waals surface area contributed by atoms with Gasteiger partial charge in [0.1, 0.15) is 0 Å². The van der Waals surface area contributed by atoms with E-state index in [4.69, 9.17) is 16.7 Å². The molecule has 1 aromatic carbocycles. The van der Waals surface area contributed by atoms with E-state index in [2.05, 4.69) is 5.32 Å². The first-order valence-corrected chi connectivity index (χ1v) is 3.77. The molecule has 0 aliphatic carbocycles. The van der Waals surface area contributed by atoms with Gasteiger partial charge in [-0.25, -0.2) is 4.79 Å². The number of carboxylic acid groups (broad SMARTS) is 1. The van der Waals surface area contributed by atoms with Crippen molar-refractivity contribution in [1.82, 2.24) is 5.32 Å². The van der Waals surface area contributed by atoms with E-state index in [1.807, 2.05) is 6.07 Å².